The largest absolute Gasteiger partial charge is 0.394 e. The van der Waals surface area contributed by atoms with E-state index in [0.717, 1.165) is 0 Å². The van der Waals surface area contributed by atoms with Gasteiger partial charge in [0.15, 0.2) is 35.4 Å². The third kappa shape index (κ3) is 4.56. The summed E-state index contributed by atoms with van der Waals surface area (Å²) in [6.07, 6.45) is -5.83. The summed E-state index contributed by atoms with van der Waals surface area (Å²) in [4.78, 5) is 23.6. The van der Waals surface area contributed by atoms with Gasteiger partial charge in [0.2, 0.25) is 11.9 Å². The van der Waals surface area contributed by atoms with Crippen LogP contribution in [0, 0.1) is 0 Å². The maximum Gasteiger partial charge on any atom is 0.224 e. The molecule has 14 N–H and O–H groups in total. The Morgan fingerprint density at radius 1 is 0.625 bits per heavy atom. The summed E-state index contributed by atoms with van der Waals surface area (Å²) >= 11 is 0. The van der Waals surface area contributed by atoms with Crippen molar-refractivity contribution in [3.63, 3.8) is 0 Å². The summed E-state index contributed by atoms with van der Waals surface area (Å²) < 4.78 is 13.6. The van der Waals surface area contributed by atoms with Crippen molar-refractivity contribution in [3.05, 3.63) is 12.7 Å². The SMILES string of the molecule is Nc1nc(N)c2ncn([C@@H]3O[C@H](CO)[C@@H](O)[C@H]3O)c2n1.Nc1nc(N)c2ncn([C@@H]3O[C@H](CO)[C@@H](O)[C@H]3O)c2n1. The summed E-state index contributed by atoms with van der Waals surface area (Å²) in [5, 5.41) is 57.7. The molecular weight excluding hydrogens is 536 g/mol. The van der Waals surface area contributed by atoms with Gasteiger partial charge in [-0.1, -0.05) is 0 Å². The van der Waals surface area contributed by atoms with Crippen LogP contribution in [-0.4, -0.2) is 120 Å². The van der Waals surface area contributed by atoms with Crippen LogP contribution in [0.15, 0.2) is 12.7 Å². The molecule has 4 aromatic heterocycles. The van der Waals surface area contributed by atoms with Crippen molar-refractivity contribution in [3.8, 4) is 0 Å². The van der Waals surface area contributed by atoms with Gasteiger partial charge in [-0.3, -0.25) is 9.13 Å². The van der Waals surface area contributed by atoms with Crippen LogP contribution in [0.2, 0.25) is 0 Å². The topological polar surface area (TPSA) is 331 Å². The van der Waals surface area contributed by atoms with E-state index in [1.54, 1.807) is 0 Å². The van der Waals surface area contributed by atoms with Crippen LogP contribution >= 0.6 is 0 Å². The molecule has 0 aromatic carbocycles. The molecule has 4 aromatic rings. The molecule has 2 saturated heterocycles. The summed E-state index contributed by atoms with van der Waals surface area (Å²) in [6.45, 7) is -0.832. The van der Waals surface area contributed by atoms with Crippen molar-refractivity contribution in [2.75, 3.05) is 36.1 Å². The van der Waals surface area contributed by atoms with Gasteiger partial charge in [0.05, 0.1) is 25.9 Å². The average molecular weight is 565 g/mol. The number of nitrogens with zero attached hydrogens (tertiary/aromatic N) is 8. The zero-order valence-electron chi connectivity index (χ0n) is 20.6. The Hall–Kier alpha value is -4.02. The van der Waals surface area contributed by atoms with Gasteiger partial charge in [-0.25, -0.2) is 9.97 Å². The lowest BCUT2D eigenvalue weighted by molar-refractivity contribution is -0.0511. The molecule has 0 aliphatic carbocycles. The molecule has 0 amide bonds. The van der Waals surface area contributed by atoms with E-state index in [1.807, 2.05) is 0 Å². The molecule has 2 aliphatic heterocycles. The second-order valence-corrected chi connectivity index (χ2v) is 9.04. The van der Waals surface area contributed by atoms with Gasteiger partial charge < -0.3 is 63.0 Å². The number of ether oxygens (including phenoxy) is 2. The first-order valence-corrected chi connectivity index (χ1v) is 11.8. The van der Waals surface area contributed by atoms with Gasteiger partial charge in [0, 0.05) is 0 Å². The molecule has 20 nitrogen and oxygen atoms in total. The molecule has 216 valence electrons. The average Bonchev–Trinajstić information content (AvgIpc) is 3.66. The van der Waals surface area contributed by atoms with E-state index in [-0.39, 0.29) is 34.8 Å². The van der Waals surface area contributed by atoms with Gasteiger partial charge in [0.1, 0.15) is 47.7 Å². The first-order valence-electron chi connectivity index (χ1n) is 11.8. The molecule has 0 bridgehead atoms. The Labute approximate surface area is 223 Å². The second-order valence-electron chi connectivity index (χ2n) is 9.04. The van der Waals surface area contributed by atoms with Crippen LogP contribution in [0.1, 0.15) is 12.5 Å². The summed E-state index contributed by atoms with van der Waals surface area (Å²) in [5.41, 5.74) is 23.6. The van der Waals surface area contributed by atoms with Crippen molar-refractivity contribution in [2.24, 2.45) is 0 Å². The van der Waals surface area contributed by atoms with Gasteiger partial charge in [-0.05, 0) is 0 Å². The highest BCUT2D eigenvalue weighted by atomic mass is 16.6. The first kappa shape index (κ1) is 27.5. The molecule has 0 unspecified atom stereocenters. The molecule has 2 fully saturated rings. The minimum Gasteiger partial charge on any atom is -0.394 e. The molecule has 0 spiro atoms. The minimum absolute atomic E-state index is 0.0384. The molecule has 0 saturated carbocycles. The fourth-order valence-electron chi connectivity index (χ4n) is 4.50. The van der Waals surface area contributed by atoms with E-state index in [0.29, 0.717) is 11.0 Å². The van der Waals surface area contributed by atoms with Crippen molar-refractivity contribution < 1.29 is 40.1 Å². The number of anilines is 4. The van der Waals surface area contributed by atoms with Crippen molar-refractivity contribution in [1.82, 2.24) is 39.0 Å². The van der Waals surface area contributed by atoms with Gasteiger partial charge in [-0.2, -0.15) is 19.9 Å². The van der Waals surface area contributed by atoms with Crippen LogP contribution in [0.25, 0.3) is 22.3 Å². The number of hydrogen-bond donors (Lipinski definition) is 10. The van der Waals surface area contributed by atoms with Crippen LogP contribution in [0.4, 0.5) is 23.5 Å². The number of aromatic nitrogens is 8. The lowest BCUT2D eigenvalue weighted by Crippen LogP contribution is -2.33. The van der Waals surface area contributed by atoms with Crippen molar-refractivity contribution >= 4 is 45.9 Å². The van der Waals surface area contributed by atoms with E-state index >= 15 is 0 Å². The smallest absolute Gasteiger partial charge is 0.224 e. The standard InChI is InChI=1S/2C10H14N6O4/c2*11-7-4-8(15-10(12)14-7)16(2-13-4)9-6(19)5(18)3(1-17)20-9/h2*2-3,5-6,9,17-19H,1H2,(H4,11,12,14,15)/t2*3-,5-,6-,9-/m11/s1. The predicted molar refractivity (Wildman–Crippen MR) is 134 cm³/mol. The Bertz CT molecular complexity index is 1400. The molecular formula is C20H28N12O8. The van der Waals surface area contributed by atoms with Crippen molar-refractivity contribution in [2.45, 2.75) is 49.1 Å². The van der Waals surface area contributed by atoms with E-state index < -0.39 is 62.3 Å². The molecule has 8 atom stereocenters. The Morgan fingerprint density at radius 3 is 1.32 bits per heavy atom. The number of nitrogens with two attached hydrogens (primary N) is 4. The van der Waals surface area contributed by atoms with Crippen molar-refractivity contribution in [1.29, 1.82) is 0 Å². The lowest BCUT2D eigenvalue weighted by Gasteiger charge is -2.16. The second kappa shape index (κ2) is 10.5. The fraction of sp³-hybridized carbons (Fsp3) is 0.500. The summed E-state index contributed by atoms with van der Waals surface area (Å²) in [5.74, 6) is 0.142. The summed E-state index contributed by atoms with van der Waals surface area (Å²) in [6, 6.07) is 0. The van der Waals surface area contributed by atoms with Gasteiger partial charge in [0.25, 0.3) is 0 Å². The van der Waals surface area contributed by atoms with Crippen LogP contribution in [-0.2, 0) is 9.47 Å². The molecule has 6 rings (SSSR count). The summed E-state index contributed by atoms with van der Waals surface area (Å²) in [7, 11) is 0. The number of nitrogen functional groups attached to an aromatic ring is 4. The zero-order chi connectivity index (χ0) is 28.9. The maximum absolute atomic E-state index is 9.99. The van der Waals surface area contributed by atoms with Gasteiger partial charge >= 0.3 is 0 Å². The molecule has 2 aliphatic rings. The van der Waals surface area contributed by atoms with Gasteiger partial charge in [-0.15, -0.1) is 0 Å². The van der Waals surface area contributed by atoms with Crippen LogP contribution in [0.3, 0.4) is 0 Å². The fourth-order valence-corrected chi connectivity index (χ4v) is 4.50. The number of aliphatic hydroxyl groups is 6. The van der Waals surface area contributed by atoms with Crippen LogP contribution in [0.5, 0.6) is 0 Å². The first-order chi connectivity index (χ1) is 19.0. The predicted octanol–water partition coefficient (Wildman–Crippen LogP) is -4.80. The normalized spacial score (nSPS) is 30.1. The molecule has 0 radical (unpaired) electrons. The number of fused-ring (bicyclic) bond motifs is 2. The monoisotopic (exact) mass is 564 g/mol. The molecule has 6 heterocycles. The third-order valence-electron chi connectivity index (χ3n) is 6.51. The maximum atomic E-state index is 9.99. The quantitative estimate of drug-likeness (QED) is 0.111. The minimum atomic E-state index is -1.23. The molecule has 20 heteroatoms. The Morgan fingerprint density at radius 2 is 1.00 bits per heavy atom. The Kier molecular flexibility index (Phi) is 7.24. The number of rotatable bonds is 4. The van der Waals surface area contributed by atoms with E-state index in [2.05, 4.69) is 29.9 Å². The van der Waals surface area contributed by atoms with E-state index in [9.17, 15) is 20.4 Å². The van der Waals surface area contributed by atoms with E-state index in [4.69, 9.17) is 42.6 Å². The Balaban J connectivity index is 0.000000161. The van der Waals surface area contributed by atoms with Crippen LogP contribution < -0.4 is 22.9 Å². The van der Waals surface area contributed by atoms with E-state index in [1.165, 1.54) is 21.8 Å². The third-order valence-corrected chi connectivity index (χ3v) is 6.51. The highest BCUT2D eigenvalue weighted by Gasteiger charge is 2.45. The number of hydrogen-bond acceptors (Lipinski definition) is 18. The number of aliphatic hydroxyl groups excluding tert-OH is 6. The zero-order valence-corrected chi connectivity index (χ0v) is 20.6. The number of imidazole rings is 2. The highest BCUT2D eigenvalue weighted by molar-refractivity contribution is 5.83. The lowest BCUT2D eigenvalue weighted by atomic mass is 10.1. The highest BCUT2D eigenvalue weighted by Crippen LogP contribution is 2.33. The molecule has 40 heavy (non-hydrogen) atoms.